The molecule has 0 spiro atoms. The van der Waals surface area contributed by atoms with Gasteiger partial charge in [-0.05, 0) is 43.0 Å². The molecule has 5 rings (SSSR count). The molecule has 2 aliphatic rings. The fraction of sp³-hybridized carbons (Fsp3) is 0.450. The van der Waals surface area contributed by atoms with Gasteiger partial charge in [-0.25, -0.2) is 8.42 Å². The Morgan fingerprint density at radius 2 is 2.03 bits per heavy atom. The molecule has 1 aliphatic carbocycles. The van der Waals surface area contributed by atoms with Crippen molar-refractivity contribution in [3.05, 3.63) is 40.4 Å². The summed E-state index contributed by atoms with van der Waals surface area (Å²) in [6.45, 7) is 0. The van der Waals surface area contributed by atoms with Gasteiger partial charge in [0.1, 0.15) is 10.7 Å². The van der Waals surface area contributed by atoms with E-state index in [1.807, 2.05) is 35.9 Å². The lowest BCUT2D eigenvalue weighted by Crippen LogP contribution is -2.15. The van der Waals surface area contributed by atoms with Crippen LogP contribution in [0.5, 0.6) is 0 Å². The molecule has 0 bridgehead atoms. The van der Waals surface area contributed by atoms with Crippen molar-refractivity contribution in [2.75, 3.05) is 16.8 Å². The molecule has 2 N–H and O–H groups in total. The molecule has 30 heavy (non-hydrogen) atoms. The lowest BCUT2D eigenvalue weighted by molar-refractivity contribution is 0.552. The van der Waals surface area contributed by atoms with E-state index in [1.165, 1.54) is 11.8 Å². The summed E-state index contributed by atoms with van der Waals surface area (Å²) in [5, 5.41) is 13.7. The van der Waals surface area contributed by atoms with Crippen LogP contribution in [-0.2, 0) is 23.3 Å². The molecule has 10 heteroatoms. The highest BCUT2D eigenvalue weighted by molar-refractivity contribution is 7.99. The van der Waals surface area contributed by atoms with Crippen LogP contribution in [0.15, 0.2) is 39.1 Å². The summed E-state index contributed by atoms with van der Waals surface area (Å²) in [5.41, 5.74) is 1.48. The van der Waals surface area contributed by atoms with E-state index in [0.717, 1.165) is 35.3 Å². The number of sulfone groups is 1. The van der Waals surface area contributed by atoms with Crippen LogP contribution in [0.2, 0.25) is 0 Å². The predicted octanol–water partition coefficient (Wildman–Crippen LogP) is 2.36. The normalized spacial score (nSPS) is 20.6. The number of pyridine rings is 1. The molecule has 0 unspecified atom stereocenters. The molecular weight excluding hydrogens is 422 g/mol. The van der Waals surface area contributed by atoms with Crippen molar-refractivity contribution in [1.29, 1.82) is 0 Å². The molecule has 3 heterocycles. The molecule has 1 saturated carbocycles. The summed E-state index contributed by atoms with van der Waals surface area (Å²) in [6.07, 6.45) is 3.44. The molecule has 8 nitrogen and oxygen atoms in total. The van der Waals surface area contributed by atoms with Crippen molar-refractivity contribution in [2.24, 2.45) is 13.0 Å². The lowest BCUT2D eigenvalue weighted by Gasteiger charge is -2.13. The largest absolute Gasteiger partial charge is 0.381 e. The molecule has 1 saturated heterocycles. The summed E-state index contributed by atoms with van der Waals surface area (Å²) in [5.74, 6) is 1.28. The predicted molar refractivity (Wildman–Crippen MR) is 117 cm³/mol. The second-order valence-corrected chi connectivity index (χ2v) is 11.4. The topological polar surface area (TPSA) is 110 Å². The average Bonchev–Trinajstić information content (AvgIpc) is 3.38. The van der Waals surface area contributed by atoms with E-state index < -0.39 is 9.84 Å². The molecule has 158 valence electrons. The number of rotatable bonds is 6. The molecule has 0 radical (unpaired) electrons. The van der Waals surface area contributed by atoms with E-state index in [2.05, 4.69) is 20.5 Å². The van der Waals surface area contributed by atoms with Gasteiger partial charge in [-0.3, -0.25) is 4.79 Å². The molecule has 3 aromatic rings. The van der Waals surface area contributed by atoms with Crippen LogP contribution < -0.4 is 10.9 Å². The third kappa shape index (κ3) is 3.85. The number of nitrogens with zero attached hydrogens (tertiary/aromatic N) is 3. The van der Waals surface area contributed by atoms with Crippen molar-refractivity contribution >= 4 is 38.2 Å². The van der Waals surface area contributed by atoms with Crippen molar-refractivity contribution in [3.63, 3.8) is 0 Å². The molecule has 2 aromatic heterocycles. The number of hydrogen-bond acceptors (Lipinski definition) is 7. The first-order valence-corrected chi connectivity index (χ1v) is 12.7. The number of para-hydroxylation sites is 1. The Morgan fingerprint density at radius 1 is 1.23 bits per heavy atom. The Labute approximate surface area is 178 Å². The van der Waals surface area contributed by atoms with Crippen LogP contribution in [-0.4, -0.2) is 45.7 Å². The quantitative estimate of drug-likeness (QED) is 0.599. The van der Waals surface area contributed by atoms with Gasteiger partial charge in [-0.15, -0.1) is 10.2 Å². The Morgan fingerprint density at radius 3 is 2.77 bits per heavy atom. The Bertz CT molecular complexity index is 1280. The third-order valence-electron chi connectivity index (χ3n) is 5.72. The van der Waals surface area contributed by atoms with Crippen LogP contribution >= 0.6 is 11.8 Å². The zero-order valence-electron chi connectivity index (χ0n) is 16.6. The van der Waals surface area contributed by atoms with E-state index in [4.69, 9.17) is 0 Å². The van der Waals surface area contributed by atoms with Gasteiger partial charge in [-0.1, -0.05) is 18.2 Å². The zero-order valence-corrected chi connectivity index (χ0v) is 18.2. The molecule has 1 aromatic carbocycles. The molecule has 0 amide bonds. The van der Waals surface area contributed by atoms with Gasteiger partial charge < -0.3 is 14.9 Å². The number of hydrogen-bond donors (Lipinski definition) is 2. The van der Waals surface area contributed by atoms with Crippen LogP contribution in [0.25, 0.3) is 10.9 Å². The fourth-order valence-corrected chi connectivity index (χ4v) is 6.67. The molecular formula is C20H23N5O3S2. The summed E-state index contributed by atoms with van der Waals surface area (Å²) in [4.78, 5) is 16.4. The molecule has 1 aliphatic heterocycles. The van der Waals surface area contributed by atoms with Crippen molar-refractivity contribution < 1.29 is 8.42 Å². The minimum atomic E-state index is -2.92. The monoisotopic (exact) mass is 445 g/mol. The maximum Gasteiger partial charge on any atom is 0.264 e. The smallest absolute Gasteiger partial charge is 0.264 e. The Balaban J connectivity index is 1.47. The second kappa shape index (κ2) is 7.42. The summed E-state index contributed by atoms with van der Waals surface area (Å²) in [6, 6.07) is 8.17. The first kappa shape index (κ1) is 19.6. The SMILES string of the molecule is Cn1c(C[C@@H]2CCS(=O)(=O)C2)nnc1Sc1c(NC2CC2)c2ccccc2[nH]c1=O. The van der Waals surface area contributed by atoms with Gasteiger partial charge in [0.25, 0.3) is 5.56 Å². The Hall–Kier alpha value is -2.33. The minimum Gasteiger partial charge on any atom is -0.381 e. The number of fused-ring (bicyclic) bond motifs is 1. The Kier molecular flexibility index (Phi) is 4.85. The van der Waals surface area contributed by atoms with Crippen LogP contribution in [0, 0.1) is 5.92 Å². The van der Waals surface area contributed by atoms with Gasteiger partial charge in [-0.2, -0.15) is 0 Å². The van der Waals surface area contributed by atoms with Crippen molar-refractivity contribution in [3.8, 4) is 0 Å². The van der Waals surface area contributed by atoms with Gasteiger partial charge >= 0.3 is 0 Å². The number of aromatic amines is 1. The molecule has 2 fully saturated rings. The highest BCUT2D eigenvalue weighted by Gasteiger charge is 2.30. The standard InChI is InChI=1S/C20H23N5O3S2/c1-25-16(10-12-8-9-30(27,28)11-12)23-24-20(25)29-18-17(21-13-6-7-13)14-4-2-3-5-15(14)22-19(18)26/h2-5,12-13H,6-11H2,1H3,(H2,21,22,26)/t12-/m0/s1. The van der Waals surface area contributed by atoms with E-state index >= 15 is 0 Å². The minimum absolute atomic E-state index is 0.0758. The third-order valence-corrected chi connectivity index (χ3v) is 8.69. The van der Waals surface area contributed by atoms with E-state index in [-0.39, 0.29) is 23.0 Å². The first-order chi connectivity index (χ1) is 14.4. The number of benzene rings is 1. The first-order valence-electron chi connectivity index (χ1n) is 10.1. The van der Waals surface area contributed by atoms with E-state index in [1.54, 1.807) is 0 Å². The number of aromatic nitrogens is 4. The summed E-state index contributed by atoms with van der Waals surface area (Å²) in [7, 11) is -1.06. The maximum atomic E-state index is 12.9. The van der Waals surface area contributed by atoms with Gasteiger partial charge in [0.05, 0.1) is 22.7 Å². The number of nitrogens with one attached hydrogen (secondary N) is 2. The maximum absolute atomic E-state index is 12.9. The zero-order chi connectivity index (χ0) is 20.9. The van der Waals surface area contributed by atoms with Gasteiger partial charge in [0.15, 0.2) is 15.0 Å². The van der Waals surface area contributed by atoms with Crippen LogP contribution in [0.4, 0.5) is 5.69 Å². The lowest BCUT2D eigenvalue weighted by atomic mass is 10.1. The average molecular weight is 446 g/mol. The van der Waals surface area contributed by atoms with E-state index in [0.29, 0.717) is 28.9 Å². The second-order valence-electron chi connectivity index (χ2n) is 8.16. The molecule has 1 atom stereocenters. The van der Waals surface area contributed by atoms with Crippen LogP contribution in [0.1, 0.15) is 25.1 Å². The van der Waals surface area contributed by atoms with Gasteiger partial charge in [0.2, 0.25) is 0 Å². The number of H-pyrrole nitrogens is 1. The van der Waals surface area contributed by atoms with E-state index in [9.17, 15) is 13.2 Å². The number of anilines is 1. The fourth-order valence-electron chi connectivity index (χ4n) is 3.89. The summed E-state index contributed by atoms with van der Waals surface area (Å²) >= 11 is 1.30. The van der Waals surface area contributed by atoms with Crippen molar-refractivity contribution in [2.45, 2.75) is 41.8 Å². The van der Waals surface area contributed by atoms with Gasteiger partial charge in [0, 0.05) is 24.9 Å². The van der Waals surface area contributed by atoms with Crippen LogP contribution in [0.3, 0.4) is 0 Å². The highest BCUT2D eigenvalue weighted by Crippen LogP contribution is 2.37. The van der Waals surface area contributed by atoms with Crippen molar-refractivity contribution in [1.82, 2.24) is 19.7 Å². The summed E-state index contributed by atoms with van der Waals surface area (Å²) < 4.78 is 25.4. The highest BCUT2D eigenvalue weighted by atomic mass is 32.2.